The van der Waals surface area contributed by atoms with Crippen LogP contribution in [0.2, 0.25) is 0 Å². The maximum atomic E-state index is 11.4. The van der Waals surface area contributed by atoms with Gasteiger partial charge in [0, 0.05) is 19.0 Å². The number of rotatable bonds is 5. The summed E-state index contributed by atoms with van der Waals surface area (Å²) in [6, 6.07) is 0.395. The van der Waals surface area contributed by atoms with Gasteiger partial charge in [-0.3, -0.25) is 9.69 Å². The molecule has 0 aromatic heterocycles. The molecule has 0 aromatic rings. The van der Waals surface area contributed by atoms with Crippen LogP contribution in [0.15, 0.2) is 0 Å². The zero-order valence-electron chi connectivity index (χ0n) is 10.4. The summed E-state index contributed by atoms with van der Waals surface area (Å²) < 4.78 is 0. The Balaban J connectivity index is 2.07. The molecular weight excluding hydrogens is 188 g/mol. The van der Waals surface area contributed by atoms with E-state index in [-0.39, 0.29) is 11.8 Å². The van der Waals surface area contributed by atoms with Crippen LogP contribution in [0.3, 0.4) is 0 Å². The number of hydrogen-bond acceptors (Lipinski definition) is 2. The molecule has 1 N–H and O–H groups in total. The molecule has 1 fully saturated rings. The van der Waals surface area contributed by atoms with Crippen molar-refractivity contribution in [2.75, 3.05) is 19.6 Å². The van der Waals surface area contributed by atoms with Crippen LogP contribution >= 0.6 is 0 Å². The van der Waals surface area contributed by atoms with E-state index in [2.05, 4.69) is 24.1 Å². The van der Waals surface area contributed by atoms with Crippen LogP contribution in [0.4, 0.5) is 0 Å². The molecule has 1 rings (SSSR count). The lowest BCUT2D eigenvalue weighted by Gasteiger charge is -2.40. The van der Waals surface area contributed by atoms with Gasteiger partial charge in [0.05, 0.1) is 6.04 Å². The zero-order valence-corrected chi connectivity index (χ0v) is 10.4. The third-order valence-corrected chi connectivity index (χ3v) is 2.85. The van der Waals surface area contributed by atoms with Crippen molar-refractivity contribution in [2.45, 2.75) is 40.2 Å². The highest BCUT2D eigenvalue weighted by atomic mass is 16.1. The molecule has 15 heavy (non-hydrogen) atoms. The SMILES string of the molecule is CC(C)CCN1CC(NC(=O)C(C)C)C1. The molecule has 0 saturated carbocycles. The van der Waals surface area contributed by atoms with E-state index in [1.54, 1.807) is 0 Å². The first-order chi connectivity index (χ1) is 6.99. The normalized spacial score (nSPS) is 18.3. The minimum Gasteiger partial charge on any atom is -0.351 e. The van der Waals surface area contributed by atoms with Gasteiger partial charge in [0.15, 0.2) is 0 Å². The number of likely N-dealkylation sites (tertiary alicyclic amines) is 1. The third-order valence-electron chi connectivity index (χ3n) is 2.85. The van der Waals surface area contributed by atoms with Gasteiger partial charge in [0.2, 0.25) is 5.91 Å². The molecule has 1 saturated heterocycles. The first-order valence-electron chi connectivity index (χ1n) is 6.01. The molecule has 0 unspecified atom stereocenters. The first kappa shape index (κ1) is 12.5. The monoisotopic (exact) mass is 212 g/mol. The Labute approximate surface area is 93.2 Å². The van der Waals surface area contributed by atoms with E-state index in [4.69, 9.17) is 0 Å². The summed E-state index contributed by atoms with van der Waals surface area (Å²) in [5.74, 6) is 1.06. The molecule has 1 aliphatic rings. The van der Waals surface area contributed by atoms with E-state index in [1.165, 1.54) is 13.0 Å². The second kappa shape index (κ2) is 5.50. The summed E-state index contributed by atoms with van der Waals surface area (Å²) in [4.78, 5) is 13.8. The summed E-state index contributed by atoms with van der Waals surface area (Å²) in [5.41, 5.74) is 0. The van der Waals surface area contributed by atoms with Crippen molar-refractivity contribution in [3.8, 4) is 0 Å². The van der Waals surface area contributed by atoms with Gasteiger partial charge in [-0.2, -0.15) is 0 Å². The molecule has 1 amide bonds. The largest absolute Gasteiger partial charge is 0.351 e. The molecule has 0 atom stereocenters. The fourth-order valence-electron chi connectivity index (χ4n) is 1.65. The maximum Gasteiger partial charge on any atom is 0.222 e. The lowest BCUT2D eigenvalue weighted by molar-refractivity contribution is -0.125. The lowest BCUT2D eigenvalue weighted by atomic mass is 10.0. The number of nitrogens with zero attached hydrogens (tertiary/aromatic N) is 1. The predicted octanol–water partition coefficient (Wildman–Crippen LogP) is 1.49. The molecule has 0 radical (unpaired) electrons. The minimum atomic E-state index is 0.106. The predicted molar refractivity (Wildman–Crippen MR) is 62.7 cm³/mol. The molecule has 0 bridgehead atoms. The van der Waals surface area contributed by atoms with E-state index in [1.807, 2.05) is 13.8 Å². The molecular formula is C12H24N2O. The van der Waals surface area contributed by atoms with Gasteiger partial charge >= 0.3 is 0 Å². The molecule has 0 aliphatic carbocycles. The topological polar surface area (TPSA) is 32.3 Å². The molecule has 1 heterocycles. The number of hydrogen-bond donors (Lipinski definition) is 1. The smallest absolute Gasteiger partial charge is 0.222 e. The average Bonchev–Trinajstić information content (AvgIpc) is 2.07. The highest BCUT2D eigenvalue weighted by Gasteiger charge is 2.27. The molecule has 3 nitrogen and oxygen atoms in total. The highest BCUT2D eigenvalue weighted by Crippen LogP contribution is 2.11. The number of amides is 1. The second-order valence-corrected chi connectivity index (χ2v) is 5.30. The molecule has 0 spiro atoms. The van der Waals surface area contributed by atoms with Gasteiger partial charge in [-0.15, -0.1) is 0 Å². The maximum absolute atomic E-state index is 11.4. The Morgan fingerprint density at radius 3 is 2.40 bits per heavy atom. The summed E-state index contributed by atoms with van der Waals surface area (Å²) in [5, 5.41) is 3.05. The van der Waals surface area contributed by atoms with Crippen LogP contribution in [0.25, 0.3) is 0 Å². The van der Waals surface area contributed by atoms with Crippen LogP contribution in [0, 0.1) is 11.8 Å². The van der Waals surface area contributed by atoms with Crippen LogP contribution in [-0.2, 0) is 4.79 Å². The van der Waals surface area contributed by atoms with E-state index in [9.17, 15) is 4.79 Å². The Hall–Kier alpha value is -0.570. The zero-order chi connectivity index (χ0) is 11.4. The van der Waals surface area contributed by atoms with Gasteiger partial charge in [0.1, 0.15) is 0 Å². The standard InChI is InChI=1S/C12H24N2O/c1-9(2)5-6-14-7-11(8-14)13-12(15)10(3)4/h9-11H,5-8H2,1-4H3,(H,13,15). The quantitative estimate of drug-likeness (QED) is 0.749. The van der Waals surface area contributed by atoms with E-state index < -0.39 is 0 Å². The van der Waals surface area contributed by atoms with Gasteiger partial charge < -0.3 is 5.32 Å². The molecule has 3 heteroatoms. The van der Waals surface area contributed by atoms with Crippen molar-refractivity contribution < 1.29 is 4.79 Å². The summed E-state index contributed by atoms with van der Waals surface area (Å²) in [7, 11) is 0. The Bertz CT molecular complexity index is 208. The van der Waals surface area contributed by atoms with Crippen molar-refractivity contribution in [3.05, 3.63) is 0 Å². The summed E-state index contributed by atoms with van der Waals surface area (Å²) in [6.07, 6.45) is 1.25. The van der Waals surface area contributed by atoms with Gasteiger partial charge in [-0.1, -0.05) is 27.7 Å². The van der Waals surface area contributed by atoms with Crippen molar-refractivity contribution >= 4 is 5.91 Å². The molecule has 0 aromatic carbocycles. The second-order valence-electron chi connectivity index (χ2n) is 5.30. The number of carbonyl (C=O) groups is 1. The number of carbonyl (C=O) groups excluding carboxylic acids is 1. The Kier molecular flexibility index (Phi) is 4.58. The average molecular weight is 212 g/mol. The number of nitrogens with one attached hydrogen (secondary N) is 1. The van der Waals surface area contributed by atoms with Crippen molar-refractivity contribution in [2.24, 2.45) is 11.8 Å². The van der Waals surface area contributed by atoms with Crippen molar-refractivity contribution in [1.29, 1.82) is 0 Å². The minimum absolute atomic E-state index is 0.106. The fourth-order valence-corrected chi connectivity index (χ4v) is 1.65. The third kappa shape index (κ3) is 4.20. The van der Waals surface area contributed by atoms with Gasteiger partial charge in [0.25, 0.3) is 0 Å². The Morgan fingerprint density at radius 1 is 1.33 bits per heavy atom. The van der Waals surface area contributed by atoms with Crippen LogP contribution in [-0.4, -0.2) is 36.5 Å². The van der Waals surface area contributed by atoms with Gasteiger partial charge in [-0.05, 0) is 18.9 Å². The molecule has 88 valence electrons. The van der Waals surface area contributed by atoms with E-state index in [0.29, 0.717) is 6.04 Å². The van der Waals surface area contributed by atoms with E-state index in [0.717, 1.165) is 19.0 Å². The van der Waals surface area contributed by atoms with Crippen LogP contribution in [0.1, 0.15) is 34.1 Å². The summed E-state index contributed by atoms with van der Waals surface area (Å²) in [6.45, 7) is 11.6. The van der Waals surface area contributed by atoms with E-state index >= 15 is 0 Å². The van der Waals surface area contributed by atoms with Crippen molar-refractivity contribution in [3.63, 3.8) is 0 Å². The van der Waals surface area contributed by atoms with Gasteiger partial charge in [-0.25, -0.2) is 0 Å². The van der Waals surface area contributed by atoms with Crippen molar-refractivity contribution in [1.82, 2.24) is 10.2 Å². The van der Waals surface area contributed by atoms with Crippen LogP contribution < -0.4 is 5.32 Å². The first-order valence-corrected chi connectivity index (χ1v) is 6.01. The molecule has 1 aliphatic heterocycles. The highest BCUT2D eigenvalue weighted by molar-refractivity contribution is 5.78. The lowest BCUT2D eigenvalue weighted by Crippen LogP contribution is -2.59. The fraction of sp³-hybridized carbons (Fsp3) is 0.917. The summed E-state index contributed by atoms with van der Waals surface area (Å²) >= 11 is 0. The Morgan fingerprint density at radius 2 is 1.93 bits per heavy atom. The van der Waals surface area contributed by atoms with Crippen LogP contribution in [0.5, 0.6) is 0 Å².